The van der Waals surface area contributed by atoms with E-state index in [0.29, 0.717) is 29.5 Å². The van der Waals surface area contributed by atoms with Crippen LogP contribution in [0.3, 0.4) is 0 Å². The Hall–Kier alpha value is -1.59. The first-order chi connectivity index (χ1) is 9.06. The number of benzene rings is 1. The fourth-order valence-corrected chi connectivity index (χ4v) is 1.70. The SMILES string of the molecule is Cc1c(Cl)cccc1Nc1nnc(CNC(C)C)o1. The summed E-state index contributed by atoms with van der Waals surface area (Å²) in [6.07, 6.45) is 0. The number of halogens is 1. The number of nitrogens with zero attached hydrogens (tertiary/aromatic N) is 2. The van der Waals surface area contributed by atoms with Gasteiger partial charge in [-0.15, -0.1) is 5.10 Å². The zero-order chi connectivity index (χ0) is 13.8. The van der Waals surface area contributed by atoms with Gasteiger partial charge in [-0.3, -0.25) is 0 Å². The number of rotatable bonds is 5. The average Bonchev–Trinajstić information content (AvgIpc) is 2.80. The maximum absolute atomic E-state index is 6.05. The van der Waals surface area contributed by atoms with E-state index in [-0.39, 0.29) is 0 Å². The molecule has 0 saturated heterocycles. The van der Waals surface area contributed by atoms with Crippen LogP contribution < -0.4 is 10.6 Å². The lowest BCUT2D eigenvalue weighted by atomic mass is 10.2. The van der Waals surface area contributed by atoms with Crippen molar-refractivity contribution >= 4 is 23.3 Å². The minimum atomic E-state index is 0.367. The number of aromatic nitrogens is 2. The predicted octanol–water partition coefficient (Wildman–Crippen LogP) is 3.27. The highest BCUT2D eigenvalue weighted by Gasteiger charge is 2.08. The van der Waals surface area contributed by atoms with Gasteiger partial charge in [0.25, 0.3) is 0 Å². The minimum absolute atomic E-state index is 0.367. The molecule has 102 valence electrons. The summed E-state index contributed by atoms with van der Waals surface area (Å²) in [5, 5.41) is 14.9. The molecule has 0 fully saturated rings. The van der Waals surface area contributed by atoms with Crippen molar-refractivity contribution in [3.8, 4) is 0 Å². The van der Waals surface area contributed by atoms with Crippen molar-refractivity contribution in [1.29, 1.82) is 0 Å². The van der Waals surface area contributed by atoms with Crippen LogP contribution in [-0.2, 0) is 6.54 Å². The highest BCUT2D eigenvalue weighted by atomic mass is 35.5. The third-order valence-electron chi connectivity index (χ3n) is 2.64. The first-order valence-electron chi connectivity index (χ1n) is 6.14. The van der Waals surface area contributed by atoms with E-state index in [2.05, 4.69) is 34.7 Å². The lowest BCUT2D eigenvalue weighted by molar-refractivity contribution is 0.460. The van der Waals surface area contributed by atoms with E-state index in [1.165, 1.54) is 0 Å². The minimum Gasteiger partial charge on any atom is -0.406 e. The normalized spacial score (nSPS) is 11.0. The molecule has 0 radical (unpaired) electrons. The smallest absolute Gasteiger partial charge is 0.320 e. The van der Waals surface area contributed by atoms with Gasteiger partial charge in [0.1, 0.15) is 0 Å². The van der Waals surface area contributed by atoms with Gasteiger partial charge >= 0.3 is 6.01 Å². The quantitative estimate of drug-likeness (QED) is 0.880. The predicted molar refractivity (Wildman–Crippen MR) is 75.7 cm³/mol. The van der Waals surface area contributed by atoms with Crippen molar-refractivity contribution in [2.45, 2.75) is 33.4 Å². The average molecular weight is 281 g/mol. The van der Waals surface area contributed by atoms with E-state index in [4.69, 9.17) is 16.0 Å². The topological polar surface area (TPSA) is 63.0 Å². The second kappa shape index (κ2) is 6.04. The number of nitrogens with one attached hydrogen (secondary N) is 2. The van der Waals surface area contributed by atoms with Crippen molar-refractivity contribution in [3.63, 3.8) is 0 Å². The Balaban J connectivity index is 2.05. The molecule has 1 aromatic heterocycles. The molecule has 0 atom stereocenters. The molecule has 2 N–H and O–H groups in total. The molecule has 0 spiro atoms. The Labute approximate surface area is 117 Å². The molecule has 0 aliphatic heterocycles. The van der Waals surface area contributed by atoms with Gasteiger partial charge in [-0.05, 0) is 24.6 Å². The fourth-order valence-electron chi connectivity index (χ4n) is 1.53. The molecule has 0 unspecified atom stereocenters. The summed E-state index contributed by atoms with van der Waals surface area (Å²) in [6, 6.07) is 6.37. The molecule has 0 saturated carbocycles. The van der Waals surface area contributed by atoms with Gasteiger partial charge in [-0.1, -0.05) is 36.6 Å². The summed E-state index contributed by atoms with van der Waals surface area (Å²) < 4.78 is 5.49. The maximum Gasteiger partial charge on any atom is 0.320 e. The molecule has 0 bridgehead atoms. The van der Waals surface area contributed by atoms with Crippen LogP contribution in [0.15, 0.2) is 22.6 Å². The first-order valence-corrected chi connectivity index (χ1v) is 6.52. The van der Waals surface area contributed by atoms with Gasteiger partial charge in [0.2, 0.25) is 5.89 Å². The van der Waals surface area contributed by atoms with E-state index in [1.54, 1.807) is 0 Å². The van der Waals surface area contributed by atoms with Gasteiger partial charge in [0.05, 0.1) is 6.54 Å². The molecule has 2 rings (SSSR count). The maximum atomic E-state index is 6.05. The van der Waals surface area contributed by atoms with Gasteiger partial charge < -0.3 is 15.1 Å². The third-order valence-corrected chi connectivity index (χ3v) is 3.05. The number of anilines is 2. The molecule has 0 aliphatic carbocycles. The van der Waals surface area contributed by atoms with E-state index in [9.17, 15) is 0 Å². The standard InChI is InChI=1S/C13H17ClN4O/c1-8(2)15-7-12-17-18-13(19-12)16-11-6-4-5-10(14)9(11)3/h4-6,8,15H,7H2,1-3H3,(H,16,18). The van der Waals surface area contributed by atoms with Crippen molar-refractivity contribution in [3.05, 3.63) is 34.7 Å². The summed E-state index contributed by atoms with van der Waals surface area (Å²) in [7, 11) is 0. The van der Waals surface area contributed by atoms with E-state index in [1.807, 2.05) is 25.1 Å². The van der Waals surface area contributed by atoms with Crippen molar-refractivity contribution in [2.75, 3.05) is 5.32 Å². The van der Waals surface area contributed by atoms with Crippen LogP contribution in [0.2, 0.25) is 5.02 Å². The summed E-state index contributed by atoms with van der Waals surface area (Å²) in [5.74, 6) is 0.552. The Kier molecular flexibility index (Phi) is 4.39. The molecule has 1 aromatic carbocycles. The van der Waals surface area contributed by atoms with Crippen LogP contribution >= 0.6 is 11.6 Å². The van der Waals surface area contributed by atoms with Crippen LogP contribution in [0.5, 0.6) is 0 Å². The monoisotopic (exact) mass is 280 g/mol. The summed E-state index contributed by atoms with van der Waals surface area (Å²) in [6.45, 7) is 6.61. The third kappa shape index (κ3) is 3.68. The zero-order valence-corrected chi connectivity index (χ0v) is 12.0. The van der Waals surface area contributed by atoms with Crippen LogP contribution in [0.25, 0.3) is 0 Å². The van der Waals surface area contributed by atoms with Gasteiger partial charge in [0, 0.05) is 16.8 Å². The van der Waals surface area contributed by atoms with Gasteiger partial charge in [0.15, 0.2) is 0 Å². The second-order valence-corrected chi connectivity index (χ2v) is 4.98. The van der Waals surface area contributed by atoms with E-state index in [0.717, 1.165) is 11.3 Å². The largest absolute Gasteiger partial charge is 0.406 e. The van der Waals surface area contributed by atoms with Crippen molar-refractivity contribution in [1.82, 2.24) is 15.5 Å². The summed E-state index contributed by atoms with van der Waals surface area (Å²) >= 11 is 6.05. The molecular formula is C13H17ClN4O. The second-order valence-electron chi connectivity index (χ2n) is 4.57. The van der Waals surface area contributed by atoms with Crippen molar-refractivity contribution < 1.29 is 4.42 Å². The number of hydrogen-bond donors (Lipinski definition) is 2. The van der Waals surface area contributed by atoms with Gasteiger partial charge in [-0.25, -0.2) is 0 Å². The fraction of sp³-hybridized carbons (Fsp3) is 0.385. The molecule has 6 heteroatoms. The zero-order valence-electron chi connectivity index (χ0n) is 11.2. The Morgan fingerprint density at radius 1 is 1.32 bits per heavy atom. The van der Waals surface area contributed by atoms with Crippen LogP contribution in [-0.4, -0.2) is 16.2 Å². The summed E-state index contributed by atoms with van der Waals surface area (Å²) in [5.41, 5.74) is 1.81. The first kappa shape index (κ1) is 13.8. The Morgan fingerprint density at radius 2 is 2.11 bits per heavy atom. The van der Waals surface area contributed by atoms with E-state index < -0.39 is 0 Å². The summed E-state index contributed by atoms with van der Waals surface area (Å²) in [4.78, 5) is 0. The lowest BCUT2D eigenvalue weighted by Crippen LogP contribution is -2.21. The molecule has 1 heterocycles. The van der Waals surface area contributed by atoms with Crippen LogP contribution in [0, 0.1) is 6.92 Å². The van der Waals surface area contributed by atoms with Crippen molar-refractivity contribution in [2.24, 2.45) is 0 Å². The molecule has 19 heavy (non-hydrogen) atoms. The lowest BCUT2D eigenvalue weighted by Gasteiger charge is -2.06. The van der Waals surface area contributed by atoms with Crippen LogP contribution in [0.4, 0.5) is 11.7 Å². The van der Waals surface area contributed by atoms with E-state index >= 15 is 0 Å². The molecular weight excluding hydrogens is 264 g/mol. The van der Waals surface area contributed by atoms with Crippen LogP contribution in [0.1, 0.15) is 25.3 Å². The Morgan fingerprint density at radius 3 is 2.84 bits per heavy atom. The Bertz CT molecular complexity index is 553. The number of hydrogen-bond acceptors (Lipinski definition) is 5. The molecule has 0 aliphatic rings. The highest BCUT2D eigenvalue weighted by Crippen LogP contribution is 2.25. The molecule has 2 aromatic rings. The molecule has 5 nitrogen and oxygen atoms in total. The highest BCUT2D eigenvalue weighted by molar-refractivity contribution is 6.31. The molecule has 0 amide bonds. The van der Waals surface area contributed by atoms with Gasteiger partial charge in [-0.2, -0.15) is 0 Å².